The molecule has 0 fully saturated rings. The topological polar surface area (TPSA) is 81.8 Å². The van der Waals surface area contributed by atoms with Crippen molar-refractivity contribution in [1.29, 1.82) is 0 Å². The minimum absolute atomic E-state index is 0. The summed E-state index contributed by atoms with van der Waals surface area (Å²) in [6, 6.07) is 8.83. The summed E-state index contributed by atoms with van der Waals surface area (Å²) in [5, 5.41) is 6.91. The number of hydrogen-bond donors (Lipinski definition) is 1. The number of aromatic nitrogens is 3. The van der Waals surface area contributed by atoms with Gasteiger partial charge < -0.3 is 5.73 Å². The van der Waals surface area contributed by atoms with Crippen LogP contribution in [0.3, 0.4) is 0 Å². The van der Waals surface area contributed by atoms with Gasteiger partial charge in [0.2, 0.25) is 0 Å². The van der Waals surface area contributed by atoms with E-state index in [0.29, 0.717) is 0 Å². The summed E-state index contributed by atoms with van der Waals surface area (Å²) < 4.78 is 0. The largest absolute Gasteiger partial charge is 0.364 e. The second-order valence-corrected chi connectivity index (χ2v) is 2.50. The Labute approximate surface area is 99.1 Å². The van der Waals surface area contributed by atoms with Crippen LogP contribution in [0.4, 0.5) is 0 Å². The molecule has 1 amide bonds. The lowest BCUT2D eigenvalue weighted by Gasteiger charge is -1.87. The summed E-state index contributed by atoms with van der Waals surface area (Å²) in [6.07, 6.45) is 4.98. The lowest BCUT2D eigenvalue weighted by Crippen LogP contribution is -2.12. The van der Waals surface area contributed by atoms with Crippen LogP contribution in [0, 0.1) is 0 Å². The summed E-state index contributed by atoms with van der Waals surface area (Å²) in [5.74, 6) is -0.553. The van der Waals surface area contributed by atoms with E-state index in [0.717, 1.165) is 0 Å². The molecule has 0 unspecified atom stereocenters. The van der Waals surface area contributed by atoms with Gasteiger partial charge in [-0.05, 0) is 24.3 Å². The van der Waals surface area contributed by atoms with Crippen molar-refractivity contribution >= 4 is 18.3 Å². The smallest absolute Gasteiger partial charge is 0.269 e. The maximum Gasteiger partial charge on any atom is 0.269 e. The van der Waals surface area contributed by atoms with Gasteiger partial charge >= 0.3 is 0 Å². The highest BCUT2D eigenvalue weighted by atomic mass is 35.5. The van der Waals surface area contributed by atoms with Crippen LogP contribution in [0.1, 0.15) is 10.5 Å². The number of halogens is 1. The van der Waals surface area contributed by atoms with E-state index in [9.17, 15) is 4.79 Å². The molecule has 0 saturated heterocycles. The molecule has 0 radical (unpaired) electrons. The number of hydrogen-bond acceptors (Lipinski definition) is 4. The lowest BCUT2D eigenvalue weighted by molar-refractivity contribution is 0.0994. The Morgan fingerprint density at radius 1 is 1.06 bits per heavy atom. The first-order valence-electron chi connectivity index (χ1n) is 4.23. The van der Waals surface area contributed by atoms with Crippen molar-refractivity contribution in [1.82, 2.24) is 15.2 Å². The van der Waals surface area contributed by atoms with E-state index in [1.165, 1.54) is 12.3 Å². The van der Waals surface area contributed by atoms with Crippen molar-refractivity contribution < 1.29 is 4.79 Å². The van der Waals surface area contributed by atoms with Gasteiger partial charge in [0.05, 0.1) is 0 Å². The first-order chi connectivity index (χ1) is 7.30. The molecule has 16 heavy (non-hydrogen) atoms. The predicted octanol–water partition coefficient (Wildman–Crippen LogP) is 1.08. The molecule has 2 aromatic rings. The second kappa shape index (κ2) is 8.31. The average Bonchev–Trinajstić information content (AvgIpc) is 2.33. The van der Waals surface area contributed by atoms with Crippen molar-refractivity contribution in [3.05, 3.63) is 54.6 Å². The Morgan fingerprint density at radius 2 is 1.75 bits per heavy atom. The normalized spacial score (nSPS) is 8.00. The van der Waals surface area contributed by atoms with Gasteiger partial charge in [-0.25, -0.2) is 0 Å². The van der Waals surface area contributed by atoms with E-state index >= 15 is 0 Å². The summed E-state index contributed by atoms with van der Waals surface area (Å²) >= 11 is 0. The third kappa shape index (κ3) is 5.66. The Morgan fingerprint density at radius 3 is 2.00 bits per heavy atom. The van der Waals surface area contributed by atoms with E-state index < -0.39 is 5.91 Å². The molecule has 2 heterocycles. The van der Waals surface area contributed by atoms with E-state index in [1.807, 2.05) is 18.2 Å². The SMILES string of the molecule is Cl.NC(=O)c1cccnn1.c1ccncc1. The first-order valence-corrected chi connectivity index (χ1v) is 4.23. The quantitative estimate of drug-likeness (QED) is 0.806. The standard InChI is InChI=1S/C5H5N3O.C5H5N.ClH/c6-5(9)4-2-1-3-7-8-4;1-2-4-6-5-3-1;/h1-3H,(H2,6,9);1-5H;1H. The van der Waals surface area contributed by atoms with Crippen LogP contribution in [0.25, 0.3) is 0 Å². The van der Waals surface area contributed by atoms with Crippen molar-refractivity contribution in [2.24, 2.45) is 5.73 Å². The van der Waals surface area contributed by atoms with Crippen molar-refractivity contribution in [3.63, 3.8) is 0 Å². The van der Waals surface area contributed by atoms with E-state index in [4.69, 9.17) is 5.73 Å². The third-order valence-electron chi connectivity index (χ3n) is 1.39. The van der Waals surface area contributed by atoms with Crippen LogP contribution in [0.2, 0.25) is 0 Å². The number of pyridine rings is 1. The molecule has 0 aliphatic rings. The fraction of sp³-hybridized carbons (Fsp3) is 0. The maximum atomic E-state index is 10.3. The van der Waals surface area contributed by atoms with Gasteiger partial charge in [-0.3, -0.25) is 9.78 Å². The Hall–Kier alpha value is -2.01. The van der Waals surface area contributed by atoms with Gasteiger partial charge in [0.25, 0.3) is 5.91 Å². The van der Waals surface area contributed by atoms with Gasteiger partial charge in [-0.1, -0.05) is 6.07 Å². The molecule has 6 heteroatoms. The van der Waals surface area contributed by atoms with Crippen LogP contribution in [-0.4, -0.2) is 21.1 Å². The van der Waals surface area contributed by atoms with Crippen molar-refractivity contribution in [3.8, 4) is 0 Å². The van der Waals surface area contributed by atoms with Gasteiger partial charge in [0, 0.05) is 18.6 Å². The third-order valence-corrected chi connectivity index (χ3v) is 1.39. The number of amides is 1. The number of nitrogens with two attached hydrogens (primary N) is 1. The number of rotatable bonds is 1. The van der Waals surface area contributed by atoms with E-state index in [-0.39, 0.29) is 18.1 Å². The summed E-state index contributed by atoms with van der Waals surface area (Å²) in [7, 11) is 0. The lowest BCUT2D eigenvalue weighted by atomic mass is 10.4. The summed E-state index contributed by atoms with van der Waals surface area (Å²) in [6.45, 7) is 0. The van der Waals surface area contributed by atoms with Crippen LogP contribution >= 0.6 is 12.4 Å². The van der Waals surface area contributed by atoms with Crippen molar-refractivity contribution in [2.45, 2.75) is 0 Å². The molecule has 5 nitrogen and oxygen atoms in total. The summed E-state index contributed by atoms with van der Waals surface area (Å²) in [5.41, 5.74) is 5.06. The van der Waals surface area contributed by atoms with E-state index in [1.54, 1.807) is 18.5 Å². The van der Waals surface area contributed by atoms with Crippen molar-refractivity contribution in [2.75, 3.05) is 0 Å². The fourth-order valence-corrected chi connectivity index (χ4v) is 0.746. The number of carbonyl (C=O) groups excluding carboxylic acids is 1. The Bertz CT molecular complexity index is 369. The van der Waals surface area contributed by atoms with Crippen LogP contribution in [0.5, 0.6) is 0 Å². The van der Waals surface area contributed by atoms with Gasteiger partial charge in [0.15, 0.2) is 5.69 Å². The molecule has 2 rings (SSSR count). The molecule has 0 spiro atoms. The minimum atomic E-state index is -0.553. The Balaban J connectivity index is 0.000000283. The highest BCUT2D eigenvalue weighted by Gasteiger charge is 1.97. The molecule has 2 aromatic heterocycles. The predicted molar refractivity (Wildman–Crippen MR) is 62.0 cm³/mol. The molecule has 0 bridgehead atoms. The zero-order valence-corrected chi connectivity index (χ0v) is 9.17. The molecule has 0 aliphatic carbocycles. The van der Waals surface area contributed by atoms with Crippen LogP contribution in [0.15, 0.2) is 48.9 Å². The van der Waals surface area contributed by atoms with Crippen LogP contribution < -0.4 is 5.73 Å². The van der Waals surface area contributed by atoms with Crippen LogP contribution in [-0.2, 0) is 0 Å². The number of primary amides is 1. The first kappa shape index (κ1) is 14.0. The second-order valence-electron chi connectivity index (χ2n) is 2.50. The molecule has 0 atom stereocenters. The van der Waals surface area contributed by atoms with Gasteiger partial charge in [-0.15, -0.1) is 17.5 Å². The monoisotopic (exact) mass is 238 g/mol. The number of carbonyl (C=O) groups is 1. The zero-order valence-electron chi connectivity index (χ0n) is 8.35. The fourth-order valence-electron chi connectivity index (χ4n) is 0.746. The Kier molecular flexibility index (Phi) is 7.27. The zero-order chi connectivity index (χ0) is 10.9. The summed E-state index contributed by atoms with van der Waals surface area (Å²) in [4.78, 5) is 14.1. The highest BCUT2D eigenvalue weighted by Crippen LogP contribution is 1.86. The average molecular weight is 239 g/mol. The van der Waals surface area contributed by atoms with Gasteiger partial charge in [-0.2, -0.15) is 5.10 Å². The maximum absolute atomic E-state index is 10.3. The molecule has 0 aromatic carbocycles. The molecular formula is C10H11ClN4O. The molecule has 0 saturated carbocycles. The molecule has 84 valence electrons. The number of nitrogens with zero attached hydrogens (tertiary/aromatic N) is 3. The highest BCUT2D eigenvalue weighted by molar-refractivity contribution is 5.90. The molecule has 2 N–H and O–H groups in total. The minimum Gasteiger partial charge on any atom is -0.364 e. The van der Waals surface area contributed by atoms with Gasteiger partial charge in [0.1, 0.15) is 0 Å². The van der Waals surface area contributed by atoms with E-state index in [2.05, 4.69) is 15.2 Å². The molecule has 0 aliphatic heterocycles. The molecular weight excluding hydrogens is 228 g/mol.